The lowest BCUT2D eigenvalue weighted by atomic mass is 10.1. The summed E-state index contributed by atoms with van der Waals surface area (Å²) in [6.07, 6.45) is 0.323. The van der Waals surface area contributed by atoms with E-state index in [4.69, 9.17) is 0 Å². The van der Waals surface area contributed by atoms with Crippen LogP contribution in [0.2, 0.25) is 0 Å². The van der Waals surface area contributed by atoms with Crippen LogP contribution in [-0.2, 0) is 24.1 Å². The van der Waals surface area contributed by atoms with Crippen LogP contribution >= 0.6 is 0 Å². The Hall–Kier alpha value is -4.29. The Kier molecular flexibility index (Phi) is 4.40. The number of fused-ring (bicyclic) bond motifs is 8. The van der Waals surface area contributed by atoms with Gasteiger partial charge in [-0.25, -0.2) is 15.0 Å². The first-order chi connectivity index (χ1) is 16.4. The normalized spacial score (nSPS) is 14.7. The summed E-state index contributed by atoms with van der Waals surface area (Å²) in [5.41, 5.74) is 1.35. The Balaban J connectivity index is 1.63. The zero-order chi connectivity index (χ0) is 23.4. The second-order valence-electron chi connectivity index (χ2n) is 7.89. The second-order valence-corrected chi connectivity index (χ2v) is 7.89. The minimum Gasteiger partial charge on any atom is -0.350 e. The molecule has 0 saturated heterocycles. The van der Waals surface area contributed by atoms with Crippen molar-refractivity contribution in [2.75, 3.05) is 0 Å². The van der Waals surface area contributed by atoms with Crippen LogP contribution in [0.5, 0.6) is 0 Å². The summed E-state index contributed by atoms with van der Waals surface area (Å²) in [4.78, 5) is 26.0. The zero-order valence-corrected chi connectivity index (χ0v) is 17.5. The van der Waals surface area contributed by atoms with Crippen molar-refractivity contribution in [3.8, 4) is 22.6 Å². The summed E-state index contributed by atoms with van der Waals surface area (Å²) < 4.78 is 44.5. The van der Waals surface area contributed by atoms with Crippen molar-refractivity contribution in [2.24, 2.45) is 0 Å². The molecule has 0 saturated carbocycles. The van der Waals surface area contributed by atoms with Gasteiger partial charge in [0.25, 0.3) is 0 Å². The molecule has 6 heterocycles. The number of nitrogens with zero attached hydrogens (tertiary/aromatic N) is 7. The van der Waals surface area contributed by atoms with E-state index in [0.29, 0.717) is 29.1 Å². The number of nitrogens with one attached hydrogen (secondary N) is 2. The van der Waals surface area contributed by atoms with E-state index in [0.717, 1.165) is 0 Å². The fraction of sp³-hybridized carbons (Fsp3) is 0.238. The van der Waals surface area contributed by atoms with Gasteiger partial charge in [-0.3, -0.25) is 19.0 Å². The average Bonchev–Trinajstić information content (AvgIpc) is 3.50. The Bertz CT molecular complexity index is 1560. The van der Waals surface area contributed by atoms with Gasteiger partial charge in [-0.05, 0) is 18.6 Å². The minimum atomic E-state index is -4.69. The number of carbonyl (C=O) groups excluding carboxylic acids is 1. The first kappa shape index (κ1) is 20.3. The van der Waals surface area contributed by atoms with Crippen LogP contribution in [0.1, 0.15) is 24.2 Å². The molecule has 5 aromatic heterocycles. The zero-order valence-electron chi connectivity index (χ0n) is 17.5. The molecule has 0 radical (unpaired) electrons. The predicted octanol–water partition coefficient (Wildman–Crippen LogP) is 2.96. The lowest BCUT2D eigenvalue weighted by molar-refractivity contribution is -0.141. The lowest BCUT2D eigenvalue weighted by Crippen LogP contribution is -2.23. The van der Waals surface area contributed by atoms with Crippen molar-refractivity contribution < 1.29 is 18.0 Å². The average molecular weight is 467 g/mol. The van der Waals surface area contributed by atoms with Gasteiger partial charge in [-0.2, -0.15) is 23.4 Å². The van der Waals surface area contributed by atoms with Gasteiger partial charge in [-0.1, -0.05) is 6.07 Å². The van der Waals surface area contributed by atoms with Crippen LogP contribution in [0, 0.1) is 0 Å². The molecule has 0 atom stereocenters. The molecular formula is C21H16F3N9O. The molecule has 13 heteroatoms. The van der Waals surface area contributed by atoms with Crippen molar-refractivity contribution in [3.63, 3.8) is 0 Å². The molecule has 6 rings (SSSR count). The van der Waals surface area contributed by atoms with E-state index >= 15 is 0 Å². The van der Waals surface area contributed by atoms with Gasteiger partial charge < -0.3 is 5.32 Å². The summed E-state index contributed by atoms with van der Waals surface area (Å²) in [5, 5.41) is 13.3. The van der Waals surface area contributed by atoms with Crippen LogP contribution < -0.4 is 5.32 Å². The van der Waals surface area contributed by atoms with Crippen LogP contribution in [-0.4, -0.2) is 45.2 Å². The number of alkyl halides is 3. The van der Waals surface area contributed by atoms with Gasteiger partial charge in [0.1, 0.15) is 16.9 Å². The Morgan fingerprint density at radius 1 is 1.15 bits per heavy atom. The van der Waals surface area contributed by atoms with Crippen LogP contribution in [0.15, 0.2) is 36.8 Å². The summed E-state index contributed by atoms with van der Waals surface area (Å²) in [5.74, 6) is -0.239. The summed E-state index contributed by atoms with van der Waals surface area (Å²) in [6.45, 7) is 0.302. The number of hydrogen-bond acceptors (Lipinski definition) is 6. The fourth-order valence-corrected chi connectivity index (χ4v) is 4.14. The molecule has 2 N–H and O–H groups in total. The number of aryl methyl sites for hydroxylation is 1. The van der Waals surface area contributed by atoms with Gasteiger partial charge in [0.2, 0.25) is 5.91 Å². The highest BCUT2D eigenvalue weighted by molar-refractivity contribution is 5.89. The molecule has 4 bridgehead atoms. The molecule has 0 spiro atoms. The molecule has 10 nitrogen and oxygen atoms in total. The number of H-pyrrole nitrogens is 1. The highest BCUT2D eigenvalue weighted by Crippen LogP contribution is 2.37. The third kappa shape index (κ3) is 3.27. The summed E-state index contributed by atoms with van der Waals surface area (Å²) in [7, 11) is 0. The van der Waals surface area contributed by atoms with Crippen molar-refractivity contribution in [2.45, 2.75) is 32.1 Å². The number of pyridine rings is 1. The molecule has 0 aromatic carbocycles. The number of hydrogen-bond donors (Lipinski definition) is 2. The number of halogens is 3. The van der Waals surface area contributed by atoms with Gasteiger partial charge in [0, 0.05) is 25.4 Å². The van der Waals surface area contributed by atoms with E-state index in [2.05, 4.69) is 35.6 Å². The maximum atomic E-state index is 13.8. The fourth-order valence-electron chi connectivity index (χ4n) is 4.14. The highest BCUT2D eigenvalue weighted by Gasteiger charge is 2.38. The van der Waals surface area contributed by atoms with E-state index < -0.39 is 11.9 Å². The number of imidazole rings is 1. The van der Waals surface area contributed by atoms with E-state index in [1.807, 2.05) is 18.2 Å². The van der Waals surface area contributed by atoms with E-state index in [1.54, 1.807) is 10.6 Å². The topological polar surface area (TPSA) is 119 Å². The van der Waals surface area contributed by atoms with Crippen LogP contribution in [0.4, 0.5) is 13.2 Å². The molecule has 0 unspecified atom stereocenters. The maximum absolute atomic E-state index is 13.8. The summed E-state index contributed by atoms with van der Waals surface area (Å²) >= 11 is 0. The Morgan fingerprint density at radius 2 is 2.03 bits per heavy atom. The van der Waals surface area contributed by atoms with E-state index in [1.165, 1.54) is 17.1 Å². The van der Waals surface area contributed by atoms with E-state index in [9.17, 15) is 18.0 Å². The van der Waals surface area contributed by atoms with Crippen molar-refractivity contribution in [3.05, 3.63) is 48.2 Å². The third-order valence-corrected chi connectivity index (χ3v) is 5.65. The molecule has 172 valence electrons. The van der Waals surface area contributed by atoms with Crippen molar-refractivity contribution in [1.29, 1.82) is 0 Å². The Morgan fingerprint density at radius 3 is 2.88 bits per heavy atom. The van der Waals surface area contributed by atoms with Crippen LogP contribution in [0.25, 0.3) is 39.5 Å². The van der Waals surface area contributed by atoms with Gasteiger partial charge in [-0.15, -0.1) is 0 Å². The number of aromatic amines is 1. The number of aromatic nitrogens is 8. The number of rotatable bonds is 0. The lowest BCUT2D eigenvalue weighted by Gasteiger charge is -2.08. The predicted molar refractivity (Wildman–Crippen MR) is 113 cm³/mol. The first-order valence-electron chi connectivity index (χ1n) is 10.5. The second kappa shape index (κ2) is 7.37. The monoisotopic (exact) mass is 467 g/mol. The summed E-state index contributed by atoms with van der Waals surface area (Å²) in [6, 6.07) is 5.47. The third-order valence-electron chi connectivity index (χ3n) is 5.65. The molecule has 0 aliphatic carbocycles. The molecule has 1 aliphatic rings. The first-order valence-corrected chi connectivity index (χ1v) is 10.5. The van der Waals surface area contributed by atoms with E-state index in [-0.39, 0.29) is 47.8 Å². The van der Waals surface area contributed by atoms with Crippen LogP contribution in [0.3, 0.4) is 0 Å². The SMILES string of the molecule is O=C1CCCn2cc(c(C(F)(F)F)n2)-c2[nH]nc3ncc(nc23)-c2c(nc3ccccn23)CN1. The van der Waals surface area contributed by atoms with Gasteiger partial charge >= 0.3 is 6.18 Å². The Labute approximate surface area is 188 Å². The van der Waals surface area contributed by atoms with Gasteiger partial charge in [0.05, 0.1) is 35.4 Å². The quantitative estimate of drug-likeness (QED) is 0.362. The number of carbonyl (C=O) groups is 1. The maximum Gasteiger partial charge on any atom is 0.435 e. The number of amides is 1. The molecule has 34 heavy (non-hydrogen) atoms. The van der Waals surface area contributed by atoms with Gasteiger partial charge in [0.15, 0.2) is 11.3 Å². The van der Waals surface area contributed by atoms with Crippen molar-refractivity contribution >= 4 is 22.7 Å². The molecule has 0 fully saturated rings. The molecule has 1 amide bonds. The largest absolute Gasteiger partial charge is 0.435 e. The van der Waals surface area contributed by atoms with Crippen molar-refractivity contribution in [1.82, 2.24) is 44.6 Å². The minimum absolute atomic E-state index is 0.0716. The molecule has 1 aliphatic heterocycles. The smallest absolute Gasteiger partial charge is 0.350 e. The standard InChI is InChI=1S/C21H16F3N9O/c22-21(23,24)19-11-10-32(31-19)6-3-5-15(34)25-8-12-18(33-7-2-1-4-14(33)27-12)13-9-26-20-17(28-13)16(11)29-30-20/h1-2,4,7,9-10H,3,5-6,8H2,(H,25,34)(H,26,29,30). The molecule has 5 aromatic rings. The molecular weight excluding hydrogens is 451 g/mol. The highest BCUT2D eigenvalue weighted by atomic mass is 19.4.